The maximum absolute atomic E-state index is 12.7. The zero-order valence-corrected chi connectivity index (χ0v) is 16.9. The molecule has 12 heteroatoms. The molecule has 2 aromatic rings. The minimum Gasteiger partial charge on any atom is -0.415 e. The third-order valence-electron chi connectivity index (χ3n) is 3.69. The SMILES string of the molecule is CCS(=O)(=O)N(CC1=NCC=C(c2nnc(C(F)F)o2)S1)c1cccc(Cl)c1. The fraction of sp³-hybridized carbons (Fsp3) is 0.312. The zero-order valence-electron chi connectivity index (χ0n) is 14.5. The summed E-state index contributed by atoms with van der Waals surface area (Å²) in [7, 11) is -3.61. The van der Waals surface area contributed by atoms with Gasteiger partial charge in [-0.15, -0.1) is 10.2 Å². The Bertz CT molecular complexity index is 1020. The smallest absolute Gasteiger partial charge is 0.314 e. The molecule has 1 aliphatic heterocycles. The first-order valence-electron chi connectivity index (χ1n) is 8.09. The van der Waals surface area contributed by atoms with Gasteiger partial charge in [-0.25, -0.2) is 8.42 Å². The normalized spacial score (nSPS) is 14.8. The Labute approximate surface area is 169 Å². The molecule has 3 rings (SSSR count). The third-order valence-corrected chi connectivity index (χ3v) is 6.72. The first-order valence-corrected chi connectivity index (χ1v) is 10.9. The summed E-state index contributed by atoms with van der Waals surface area (Å²) < 4.78 is 56.7. The molecule has 1 aliphatic rings. The number of sulfonamides is 1. The van der Waals surface area contributed by atoms with E-state index in [0.717, 1.165) is 11.8 Å². The highest BCUT2D eigenvalue weighted by atomic mass is 35.5. The number of anilines is 1. The largest absolute Gasteiger partial charge is 0.415 e. The van der Waals surface area contributed by atoms with Crippen LogP contribution in [0.2, 0.25) is 5.02 Å². The van der Waals surface area contributed by atoms with E-state index in [1.54, 1.807) is 37.3 Å². The molecule has 7 nitrogen and oxygen atoms in total. The van der Waals surface area contributed by atoms with Gasteiger partial charge in [0, 0.05) is 5.02 Å². The van der Waals surface area contributed by atoms with Crippen molar-refractivity contribution in [1.82, 2.24) is 10.2 Å². The molecule has 0 atom stereocenters. The van der Waals surface area contributed by atoms with Crippen molar-refractivity contribution in [2.75, 3.05) is 23.1 Å². The molecular weight excluding hydrogens is 434 g/mol. The van der Waals surface area contributed by atoms with Crippen molar-refractivity contribution < 1.29 is 21.6 Å². The molecule has 0 aliphatic carbocycles. The van der Waals surface area contributed by atoms with E-state index < -0.39 is 22.3 Å². The number of benzene rings is 1. The third kappa shape index (κ3) is 4.70. The first-order chi connectivity index (χ1) is 13.3. The van der Waals surface area contributed by atoms with E-state index in [-0.39, 0.29) is 24.7 Å². The minimum absolute atomic E-state index is 0.0334. The van der Waals surface area contributed by atoms with E-state index >= 15 is 0 Å². The Kier molecular flexibility index (Phi) is 6.36. The van der Waals surface area contributed by atoms with Crippen LogP contribution in [0.3, 0.4) is 0 Å². The van der Waals surface area contributed by atoms with Crippen LogP contribution < -0.4 is 4.31 Å². The lowest BCUT2D eigenvalue weighted by Gasteiger charge is -2.25. The van der Waals surface area contributed by atoms with Crippen molar-refractivity contribution in [3.05, 3.63) is 47.1 Å². The predicted molar refractivity (Wildman–Crippen MR) is 105 cm³/mol. The van der Waals surface area contributed by atoms with Crippen LogP contribution in [0.25, 0.3) is 4.91 Å². The fourth-order valence-corrected chi connectivity index (χ4v) is 4.57. The van der Waals surface area contributed by atoms with E-state index in [2.05, 4.69) is 15.2 Å². The molecule has 0 N–H and O–H groups in total. The second-order valence-electron chi connectivity index (χ2n) is 5.54. The van der Waals surface area contributed by atoms with Crippen LogP contribution in [0.15, 0.2) is 39.8 Å². The van der Waals surface area contributed by atoms with Crippen LogP contribution in [-0.2, 0) is 10.0 Å². The molecule has 0 bridgehead atoms. The number of aliphatic imine (C=N–C) groups is 1. The average molecular weight is 449 g/mol. The van der Waals surface area contributed by atoms with Crippen LogP contribution in [0.5, 0.6) is 0 Å². The summed E-state index contributed by atoms with van der Waals surface area (Å²) in [6, 6.07) is 6.48. The summed E-state index contributed by atoms with van der Waals surface area (Å²) in [4.78, 5) is 4.76. The number of nitrogens with zero attached hydrogens (tertiary/aromatic N) is 4. The van der Waals surface area contributed by atoms with Gasteiger partial charge in [-0.2, -0.15) is 8.78 Å². The van der Waals surface area contributed by atoms with E-state index in [1.807, 2.05) is 0 Å². The summed E-state index contributed by atoms with van der Waals surface area (Å²) in [5.41, 5.74) is 0.409. The molecule has 150 valence electrons. The van der Waals surface area contributed by atoms with Gasteiger partial charge in [0.1, 0.15) is 0 Å². The van der Waals surface area contributed by atoms with Crippen LogP contribution in [0.1, 0.15) is 25.1 Å². The number of aromatic nitrogens is 2. The van der Waals surface area contributed by atoms with Gasteiger partial charge >= 0.3 is 6.43 Å². The topological polar surface area (TPSA) is 88.7 Å². The molecule has 28 heavy (non-hydrogen) atoms. The second-order valence-corrected chi connectivity index (χ2v) is 9.27. The number of halogens is 3. The lowest BCUT2D eigenvalue weighted by atomic mass is 10.3. The fourth-order valence-electron chi connectivity index (χ4n) is 2.33. The van der Waals surface area contributed by atoms with Crippen molar-refractivity contribution in [2.24, 2.45) is 4.99 Å². The average Bonchev–Trinajstić information content (AvgIpc) is 3.17. The highest BCUT2D eigenvalue weighted by molar-refractivity contribution is 8.21. The van der Waals surface area contributed by atoms with Crippen LogP contribution in [-0.4, -0.2) is 42.5 Å². The van der Waals surface area contributed by atoms with Crippen LogP contribution in [0.4, 0.5) is 14.5 Å². The predicted octanol–water partition coefficient (Wildman–Crippen LogP) is 4.00. The molecule has 0 fully saturated rings. The summed E-state index contributed by atoms with van der Waals surface area (Å²) in [6.07, 6.45) is -1.22. The Morgan fingerprint density at radius 1 is 1.36 bits per heavy atom. The molecule has 0 radical (unpaired) electrons. The van der Waals surface area contributed by atoms with Gasteiger partial charge in [-0.1, -0.05) is 29.4 Å². The Morgan fingerprint density at radius 2 is 2.14 bits per heavy atom. The summed E-state index contributed by atoms with van der Waals surface area (Å²) in [6.45, 7) is 1.74. The number of rotatable bonds is 7. The maximum atomic E-state index is 12.7. The summed E-state index contributed by atoms with van der Waals surface area (Å²) in [5.74, 6) is -0.934. The highest BCUT2D eigenvalue weighted by Gasteiger charge is 2.26. The molecule has 1 aromatic carbocycles. The molecule has 0 unspecified atom stereocenters. The summed E-state index contributed by atoms with van der Waals surface area (Å²) in [5, 5.41) is 7.79. The zero-order chi connectivity index (χ0) is 20.3. The van der Waals surface area contributed by atoms with Crippen molar-refractivity contribution in [3.63, 3.8) is 0 Å². The summed E-state index contributed by atoms with van der Waals surface area (Å²) >= 11 is 7.10. The van der Waals surface area contributed by atoms with Gasteiger partial charge < -0.3 is 4.42 Å². The molecule has 0 spiro atoms. The van der Waals surface area contributed by atoms with Crippen molar-refractivity contribution in [2.45, 2.75) is 13.3 Å². The molecule has 0 amide bonds. The van der Waals surface area contributed by atoms with E-state index in [1.165, 1.54) is 4.31 Å². The van der Waals surface area contributed by atoms with Crippen molar-refractivity contribution in [3.8, 4) is 0 Å². The minimum atomic E-state index is -3.61. The monoisotopic (exact) mass is 448 g/mol. The number of alkyl halides is 2. The highest BCUT2D eigenvalue weighted by Crippen LogP contribution is 2.33. The van der Waals surface area contributed by atoms with E-state index in [0.29, 0.717) is 20.7 Å². The maximum Gasteiger partial charge on any atom is 0.314 e. The molecule has 2 heterocycles. The van der Waals surface area contributed by atoms with Gasteiger partial charge in [0.2, 0.25) is 10.0 Å². The van der Waals surface area contributed by atoms with Gasteiger partial charge in [0.05, 0.1) is 34.5 Å². The van der Waals surface area contributed by atoms with Gasteiger partial charge in [-0.05, 0) is 31.2 Å². The molecular formula is C16H15ClF2N4O3S2. The van der Waals surface area contributed by atoms with Crippen molar-refractivity contribution >= 4 is 49.0 Å². The quantitative estimate of drug-likeness (QED) is 0.636. The van der Waals surface area contributed by atoms with Crippen LogP contribution >= 0.6 is 23.4 Å². The number of hydrogen-bond acceptors (Lipinski definition) is 7. The van der Waals surface area contributed by atoms with E-state index in [9.17, 15) is 17.2 Å². The lowest BCUT2D eigenvalue weighted by Crippen LogP contribution is -2.36. The second kappa shape index (κ2) is 8.58. The van der Waals surface area contributed by atoms with Crippen LogP contribution in [0, 0.1) is 0 Å². The Balaban J connectivity index is 1.82. The molecule has 0 saturated carbocycles. The van der Waals surface area contributed by atoms with Gasteiger partial charge in [0.25, 0.3) is 11.8 Å². The number of hydrogen-bond donors (Lipinski definition) is 0. The van der Waals surface area contributed by atoms with Gasteiger partial charge in [0.15, 0.2) is 0 Å². The Morgan fingerprint density at radius 3 is 2.79 bits per heavy atom. The number of thioether (sulfide) groups is 1. The Hall–Kier alpha value is -1.98. The van der Waals surface area contributed by atoms with Crippen molar-refractivity contribution in [1.29, 1.82) is 0 Å². The standard InChI is InChI=1S/C16H15ClF2N4O3S2/c1-2-28(24,25)23(11-5-3-4-10(17)8-11)9-13-20-7-6-12(27-13)15-21-22-16(26-15)14(18)19/h3-6,8,14H,2,7,9H2,1H3. The molecule has 0 saturated heterocycles. The first kappa shape index (κ1) is 20.7. The van der Waals surface area contributed by atoms with E-state index in [4.69, 9.17) is 16.0 Å². The lowest BCUT2D eigenvalue weighted by molar-refractivity contribution is 0.114. The van der Waals surface area contributed by atoms with Gasteiger partial charge in [-0.3, -0.25) is 9.30 Å². The molecule has 1 aromatic heterocycles.